The van der Waals surface area contributed by atoms with E-state index in [1.807, 2.05) is 6.92 Å². The number of hydrogen-bond acceptors (Lipinski definition) is 3. The van der Waals surface area contributed by atoms with Gasteiger partial charge in [-0.15, -0.1) is 0 Å². The quantitative estimate of drug-likeness (QED) is 0.850. The molecular weight excluding hydrogens is 252 g/mol. The Morgan fingerprint density at radius 1 is 1.53 bits per heavy atom. The molecule has 0 saturated carbocycles. The highest BCUT2D eigenvalue weighted by molar-refractivity contribution is 7.84. The summed E-state index contributed by atoms with van der Waals surface area (Å²) in [5.74, 6) is -3.14. The Bertz CT molecular complexity index is 447. The molecule has 1 aromatic rings. The maximum Gasteiger partial charge on any atom is 0.312 e. The minimum absolute atomic E-state index is 0.137. The first kappa shape index (κ1) is 13.8. The number of rotatable bonds is 6. The van der Waals surface area contributed by atoms with Crippen molar-refractivity contribution >= 4 is 10.8 Å². The van der Waals surface area contributed by atoms with Crippen LogP contribution in [0.4, 0.5) is 8.78 Å². The van der Waals surface area contributed by atoms with Crippen molar-refractivity contribution in [2.75, 3.05) is 6.61 Å². The maximum absolute atomic E-state index is 12.0. The number of aromatic nitrogens is 1. The summed E-state index contributed by atoms with van der Waals surface area (Å²) >= 11 is 0. The molecular formula is C10H13F2NO3S. The van der Waals surface area contributed by atoms with Gasteiger partial charge in [0.15, 0.2) is 5.75 Å². The number of pyridine rings is 1. The number of aromatic amines is 1. The van der Waals surface area contributed by atoms with Gasteiger partial charge < -0.3 is 9.72 Å². The second-order valence-corrected chi connectivity index (χ2v) is 4.73. The monoisotopic (exact) mass is 265 g/mol. The Morgan fingerprint density at radius 3 is 2.76 bits per heavy atom. The number of ether oxygens (including phenoxy) is 1. The van der Waals surface area contributed by atoms with E-state index in [1.165, 1.54) is 6.20 Å². The van der Waals surface area contributed by atoms with Crippen LogP contribution in [0, 0.1) is 0 Å². The second-order valence-electron chi connectivity index (χ2n) is 3.32. The molecule has 0 aliphatic carbocycles. The lowest BCUT2D eigenvalue weighted by Crippen LogP contribution is -2.12. The van der Waals surface area contributed by atoms with E-state index in [1.54, 1.807) is 0 Å². The highest BCUT2D eigenvalue weighted by Gasteiger charge is 2.14. The fourth-order valence-corrected chi connectivity index (χ4v) is 1.72. The summed E-state index contributed by atoms with van der Waals surface area (Å²) in [6.07, 6.45) is 2.06. The summed E-state index contributed by atoms with van der Waals surface area (Å²) in [6.45, 7) is 2.31. The van der Waals surface area contributed by atoms with Crippen LogP contribution in [0.2, 0.25) is 0 Å². The molecule has 7 heteroatoms. The molecule has 1 heterocycles. The molecule has 0 amide bonds. The molecule has 0 aliphatic heterocycles. The fourth-order valence-electron chi connectivity index (χ4n) is 1.12. The third-order valence-corrected chi connectivity index (χ3v) is 2.89. The molecule has 0 aliphatic rings. The van der Waals surface area contributed by atoms with Gasteiger partial charge in [-0.05, 0) is 6.42 Å². The summed E-state index contributed by atoms with van der Waals surface area (Å²) in [5.41, 5.74) is -0.198. The lowest BCUT2D eigenvalue weighted by molar-refractivity contribution is 0.243. The van der Waals surface area contributed by atoms with Gasteiger partial charge in [0.25, 0.3) is 0 Å². The van der Waals surface area contributed by atoms with Crippen molar-refractivity contribution in [3.05, 3.63) is 28.2 Å². The Balaban J connectivity index is 2.75. The van der Waals surface area contributed by atoms with Crippen LogP contribution >= 0.6 is 0 Å². The molecule has 1 unspecified atom stereocenters. The summed E-state index contributed by atoms with van der Waals surface area (Å²) in [5, 5.41) is 0. The topological polar surface area (TPSA) is 59.2 Å². The zero-order chi connectivity index (χ0) is 12.8. The molecule has 0 spiro atoms. The van der Waals surface area contributed by atoms with Crippen molar-refractivity contribution < 1.29 is 17.7 Å². The second kappa shape index (κ2) is 6.48. The zero-order valence-corrected chi connectivity index (χ0v) is 10.1. The molecule has 0 fully saturated rings. The van der Waals surface area contributed by atoms with Gasteiger partial charge in [-0.25, -0.2) is 0 Å². The van der Waals surface area contributed by atoms with Crippen LogP contribution in [0.15, 0.2) is 17.1 Å². The number of nitrogens with one attached hydrogen (secondary N) is 1. The highest BCUT2D eigenvalue weighted by atomic mass is 32.2. The van der Waals surface area contributed by atoms with E-state index in [-0.39, 0.29) is 17.2 Å². The van der Waals surface area contributed by atoms with Crippen LogP contribution in [0.3, 0.4) is 0 Å². The lowest BCUT2D eigenvalue weighted by atomic mass is 10.3. The first-order chi connectivity index (χ1) is 8.04. The molecule has 1 N–H and O–H groups in total. The van der Waals surface area contributed by atoms with Crippen LogP contribution in [0.25, 0.3) is 0 Å². The van der Waals surface area contributed by atoms with Gasteiger partial charge in [-0.1, -0.05) is 6.92 Å². The summed E-state index contributed by atoms with van der Waals surface area (Å²) in [6, 6.07) is 1.13. The molecule has 0 radical (unpaired) electrons. The first-order valence-corrected chi connectivity index (χ1v) is 6.42. The lowest BCUT2D eigenvalue weighted by Gasteiger charge is -2.05. The molecule has 1 atom stereocenters. The first-order valence-electron chi connectivity index (χ1n) is 5.04. The van der Waals surface area contributed by atoms with Crippen LogP contribution in [-0.2, 0) is 16.6 Å². The van der Waals surface area contributed by atoms with Crippen molar-refractivity contribution in [3.8, 4) is 5.75 Å². The van der Waals surface area contributed by atoms with Crippen LogP contribution in [-0.4, -0.2) is 21.6 Å². The van der Waals surface area contributed by atoms with Gasteiger partial charge in [-0.2, -0.15) is 8.78 Å². The number of halogens is 2. The molecule has 1 aromatic heterocycles. The van der Waals surface area contributed by atoms with E-state index in [9.17, 15) is 17.8 Å². The summed E-state index contributed by atoms with van der Waals surface area (Å²) in [4.78, 5) is 14.1. The molecule has 4 nitrogen and oxygen atoms in total. The average Bonchev–Trinajstić information content (AvgIpc) is 2.28. The molecule has 1 rings (SSSR count). The van der Waals surface area contributed by atoms with Gasteiger partial charge in [0.1, 0.15) is 0 Å². The molecule has 0 aromatic carbocycles. The zero-order valence-electron chi connectivity index (χ0n) is 9.24. The highest BCUT2D eigenvalue weighted by Crippen LogP contribution is 2.08. The van der Waals surface area contributed by atoms with Crippen molar-refractivity contribution in [2.24, 2.45) is 0 Å². The normalized spacial score (nSPS) is 12.7. The minimum Gasteiger partial charge on any atom is -0.488 e. The van der Waals surface area contributed by atoms with Gasteiger partial charge >= 0.3 is 5.76 Å². The summed E-state index contributed by atoms with van der Waals surface area (Å²) in [7, 11) is -2.29. The number of hydrogen-bond donors (Lipinski definition) is 1. The third-order valence-electron chi connectivity index (χ3n) is 1.90. The Kier molecular flexibility index (Phi) is 5.27. The van der Waals surface area contributed by atoms with Crippen LogP contribution < -0.4 is 10.2 Å². The Hall–Kier alpha value is -1.24. The van der Waals surface area contributed by atoms with Crippen molar-refractivity contribution in [1.29, 1.82) is 0 Å². The van der Waals surface area contributed by atoms with Crippen LogP contribution in [0.1, 0.15) is 19.0 Å². The third kappa shape index (κ3) is 4.26. The van der Waals surface area contributed by atoms with E-state index < -0.39 is 22.0 Å². The van der Waals surface area contributed by atoms with Gasteiger partial charge in [-0.3, -0.25) is 9.00 Å². The van der Waals surface area contributed by atoms with Gasteiger partial charge in [0.2, 0.25) is 5.43 Å². The molecule has 17 heavy (non-hydrogen) atoms. The molecule has 96 valence electrons. The van der Waals surface area contributed by atoms with Gasteiger partial charge in [0, 0.05) is 18.0 Å². The summed E-state index contributed by atoms with van der Waals surface area (Å²) < 4.78 is 40.1. The average molecular weight is 265 g/mol. The predicted octanol–water partition coefficient (Wildman–Crippen LogP) is 1.64. The maximum atomic E-state index is 12.0. The van der Waals surface area contributed by atoms with E-state index >= 15 is 0 Å². The van der Waals surface area contributed by atoms with E-state index in [2.05, 4.69) is 4.98 Å². The number of H-pyrrole nitrogens is 1. The van der Waals surface area contributed by atoms with Crippen molar-refractivity contribution in [3.63, 3.8) is 0 Å². The van der Waals surface area contributed by atoms with Crippen molar-refractivity contribution in [1.82, 2.24) is 4.98 Å². The Morgan fingerprint density at radius 2 is 2.24 bits per heavy atom. The SMILES string of the molecule is CCCOc1c[nH]c(CS(=O)C(F)F)cc1=O. The van der Waals surface area contributed by atoms with E-state index in [4.69, 9.17) is 4.74 Å². The smallest absolute Gasteiger partial charge is 0.312 e. The number of alkyl halides is 2. The van der Waals surface area contributed by atoms with Crippen molar-refractivity contribution in [2.45, 2.75) is 24.9 Å². The van der Waals surface area contributed by atoms with Gasteiger partial charge in [0.05, 0.1) is 23.2 Å². The fraction of sp³-hybridized carbons (Fsp3) is 0.500. The van der Waals surface area contributed by atoms with E-state index in [0.717, 1.165) is 12.5 Å². The van der Waals surface area contributed by atoms with Crippen LogP contribution in [0.5, 0.6) is 5.75 Å². The largest absolute Gasteiger partial charge is 0.488 e. The minimum atomic E-state index is -2.91. The Labute approximate surface area is 99.5 Å². The van der Waals surface area contributed by atoms with E-state index in [0.29, 0.717) is 6.61 Å². The molecule has 0 saturated heterocycles. The molecule has 0 bridgehead atoms. The standard InChI is InChI=1S/C10H13F2NO3S/c1-2-3-16-9-5-13-7(4-8(9)14)6-17(15)10(11)12/h4-5,10H,2-3,6H2,1H3,(H,13,14). The predicted molar refractivity (Wildman–Crippen MR) is 60.7 cm³/mol.